The van der Waals surface area contributed by atoms with Crippen LogP contribution in [0.2, 0.25) is 5.02 Å². The first-order valence-electron chi connectivity index (χ1n) is 11.6. The van der Waals surface area contributed by atoms with Crippen LogP contribution in [0.4, 0.5) is 0 Å². The highest BCUT2D eigenvalue weighted by atomic mass is 79.9. The monoisotopic (exact) mass is 534 g/mol. The van der Waals surface area contributed by atoms with Crippen LogP contribution in [0, 0.1) is 6.92 Å². The Bertz CT molecular complexity index is 962. The van der Waals surface area contributed by atoms with Crippen molar-refractivity contribution in [1.82, 2.24) is 10.2 Å². The molecule has 5 nitrogen and oxygen atoms in total. The van der Waals surface area contributed by atoms with Gasteiger partial charge in [-0.2, -0.15) is 0 Å². The molecule has 2 amide bonds. The van der Waals surface area contributed by atoms with E-state index in [0.717, 1.165) is 41.3 Å². The second-order valence-electron chi connectivity index (χ2n) is 8.64. The van der Waals surface area contributed by atoms with Gasteiger partial charge in [0.15, 0.2) is 6.61 Å². The Morgan fingerprint density at radius 2 is 1.94 bits per heavy atom. The van der Waals surface area contributed by atoms with Gasteiger partial charge in [-0.25, -0.2) is 0 Å². The van der Waals surface area contributed by atoms with Gasteiger partial charge in [0, 0.05) is 17.1 Å². The quantitative estimate of drug-likeness (QED) is 0.425. The zero-order chi connectivity index (χ0) is 23.8. The maximum Gasteiger partial charge on any atom is 0.261 e. The van der Waals surface area contributed by atoms with Crippen molar-refractivity contribution in [2.45, 2.75) is 71.0 Å². The van der Waals surface area contributed by atoms with E-state index in [0.29, 0.717) is 23.7 Å². The number of ether oxygens (including phenoxy) is 1. The van der Waals surface area contributed by atoms with E-state index in [1.807, 2.05) is 44.2 Å². The maximum atomic E-state index is 13.3. The molecule has 2 aromatic rings. The molecule has 0 saturated heterocycles. The molecule has 0 heterocycles. The van der Waals surface area contributed by atoms with Gasteiger partial charge in [0.05, 0.1) is 5.02 Å². The second kappa shape index (κ2) is 12.4. The van der Waals surface area contributed by atoms with Crippen molar-refractivity contribution in [1.29, 1.82) is 0 Å². The van der Waals surface area contributed by atoms with Crippen LogP contribution in [0.5, 0.6) is 5.75 Å². The highest BCUT2D eigenvalue weighted by molar-refractivity contribution is 9.10. The highest BCUT2D eigenvalue weighted by Crippen LogP contribution is 2.28. The molecule has 2 aromatic carbocycles. The number of nitrogens with one attached hydrogen (secondary N) is 1. The minimum Gasteiger partial charge on any atom is -0.482 e. The summed E-state index contributed by atoms with van der Waals surface area (Å²) in [7, 11) is 0. The number of hydrogen-bond donors (Lipinski definition) is 1. The lowest BCUT2D eigenvalue weighted by Gasteiger charge is -2.32. The molecule has 1 saturated carbocycles. The lowest BCUT2D eigenvalue weighted by atomic mass is 9.95. The molecule has 1 fully saturated rings. The van der Waals surface area contributed by atoms with Gasteiger partial charge in [0.1, 0.15) is 11.8 Å². The van der Waals surface area contributed by atoms with Crippen LogP contribution in [0.3, 0.4) is 0 Å². The van der Waals surface area contributed by atoms with Crippen LogP contribution in [-0.4, -0.2) is 35.4 Å². The number of carbonyl (C=O) groups is 2. The van der Waals surface area contributed by atoms with Gasteiger partial charge in [0.2, 0.25) is 5.91 Å². The van der Waals surface area contributed by atoms with E-state index in [9.17, 15) is 9.59 Å². The Morgan fingerprint density at radius 1 is 1.18 bits per heavy atom. The lowest BCUT2D eigenvalue weighted by molar-refractivity contribution is -0.143. The summed E-state index contributed by atoms with van der Waals surface area (Å²) < 4.78 is 6.58. The maximum absolute atomic E-state index is 13.3. The number of halogens is 2. The molecule has 0 aromatic heterocycles. The molecule has 0 spiro atoms. The number of benzene rings is 2. The molecular formula is C26H32BrClN2O3. The van der Waals surface area contributed by atoms with Gasteiger partial charge in [-0.1, -0.05) is 83.5 Å². The normalized spacial score (nSPS) is 15.0. The Morgan fingerprint density at radius 3 is 2.61 bits per heavy atom. The molecule has 0 radical (unpaired) electrons. The zero-order valence-electron chi connectivity index (χ0n) is 19.3. The number of nitrogens with zero attached hydrogens (tertiary/aromatic N) is 1. The summed E-state index contributed by atoms with van der Waals surface area (Å²) >= 11 is 9.61. The number of rotatable bonds is 9. The molecule has 1 aliphatic carbocycles. The Kier molecular flexibility index (Phi) is 9.63. The van der Waals surface area contributed by atoms with Gasteiger partial charge in [0.25, 0.3) is 5.91 Å². The number of carbonyl (C=O) groups excluding carboxylic acids is 2. The predicted molar refractivity (Wildman–Crippen MR) is 135 cm³/mol. The molecule has 3 rings (SSSR count). The van der Waals surface area contributed by atoms with Crippen LogP contribution in [0.15, 0.2) is 46.9 Å². The van der Waals surface area contributed by atoms with Crippen LogP contribution in [0.25, 0.3) is 0 Å². The average Bonchev–Trinajstić information content (AvgIpc) is 2.79. The standard InChI is InChI=1S/C26H32BrClN2O3/c1-3-23(26(32)29-21-10-5-4-6-11-21)30(16-19-9-7-8-18(2)14-19)25(31)17-33-24-13-12-20(27)15-22(24)28/h7-9,12-15,21,23H,3-6,10-11,16-17H2,1-2H3,(H,29,32)/t23-/m0/s1. The van der Waals surface area contributed by atoms with E-state index in [-0.39, 0.29) is 24.5 Å². The van der Waals surface area contributed by atoms with Crippen molar-refractivity contribution in [3.8, 4) is 5.75 Å². The Hall–Kier alpha value is -2.05. The fourth-order valence-electron chi connectivity index (χ4n) is 4.29. The molecule has 7 heteroatoms. The molecule has 0 unspecified atom stereocenters. The molecule has 33 heavy (non-hydrogen) atoms. The molecule has 0 bridgehead atoms. The zero-order valence-corrected chi connectivity index (χ0v) is 21.6. The summed E-state index contributed by atoms with van der Waals surface area (Å²) in [6, 6.07) is 12.9. The van der Waals surface area contributed by atoms with E-state index in [1.54, 1.807) is 17.0 Å². The van der Waals surface area contributed by atoms with Gasteiger partial charge in [-0.3, -0.25) is 9.59 Å². The Labute approximate surface area is 210 Å². The van der Waals surface area contributed by atoms with Crippen molar-refractivity contribution in [2.24, 2.45) is 0 Å². The van der Waals surface area contributed by atoms with Crippen molar-refractivity contribution < 1.29 is 14.3 Å². The topological polar surface area (TPSA) is 58.6 Å². The van der Waals surface area contributed by atoms with E-state index in [4.69, 9.17) is 16.3 Å². The van der Waals surface area contributed by atoms with Gasteiger partial charge in [-0.05, 0) is 49.9 Å². The highest BCUT2D eigenvalue weighted by Gasteiger charge is 2.30. The third-order valence-corrected chi connectivity index (χ3v) is 6.81. The minimum absolute atomic E-state index is 0.0907. The van der Waals surface area contributed by atoms with E-state index < -0.39 is 6.04 Å². The third kappa shape index (κ3) is 7.47. The van der Waals surface area contributed by atoms with Crippen molar-refractivity contribution in [2.75, 3.05) is 6.61 Å². The summed E-state index contributed by atoms with van der Waals surface area (Å²) in [6.07, 6.45) is 6.01. The van der Waals surface area contributed by atoms with E-state index in [2.05, 4.69) is 21.2 Å². The third-order valence-electron chi connectivity index (χ3n) is 6.02. The fraction of sp³-hybridized carbons (Fsp3) is 0.462. The van der Waals surface area contributed by atoms with Crippen molar-refractivity contribution >= 4 is 39.3 Å². The number of amides is 2. The van der Waals surface area contributed by atoms with Crippen LogP contribution < -0.4 is 10.1 Å². The Balaban J connectivity index is 1.77. The molecule has 1 N–H and O–H groups in total. The first-order chi connectivity index (χ1) is 15.9. The summed E-state index contributed by atoms with van der Waals surface area (Å²) in [4.78, 5) is 28.2. The number of hydrogen-bond acceptors (Lipinski definition) is 3. The molecule has 1 aliphatic rings. The van der Waals surface area contributed by atoms with Crippen LogP contribution in [-0.2, 0) is 16.1 Å². The minimum atomic E-state index is -0.566. The summed E-state index contributed by atoms with van der Waals surface area (Å²) in [5, 5.41) is 3.61. The SMILES string of the molecule is CC[C@@H](C(=O)NC1CCCCC1)N(Cc1cccc(C)c1)C(=O)COc1ccc(Br)cc1Cl. The van der Waals surface area contributed by atoms with Crippen LogP contribution in [0.1, 0.15) is 56.6 Å². The van der Waals surface area contributed by atoms with E-state index in [1.165, 1.54) is 6.42 Å². The van der Waals surface area contributed by atoms with Crippen LogP contribution >= 0.6 is 27.5 Å². The average molecular weight is 536 g/mol. The molecule has 178 valence electrons. The van der Waals surface area contributed by atoms with E-state index >= 15 is 0 Å². The van der Waals surface area contributed by atoms with Crippen molar-refractivity contribution in [3.63, 3.8) is 0 Å². The molecular weight excluding hydrogens is 504 g/mol. The predicted octanol–water partition coefficient (Wildman–Crippen LogP) is 6.05. The first-order valence-corrected chi connectivity index (χ1v) is 12.8. The summed E-state index contributed by atoms with van der Waals surface area (Å²) in [5.74, 6) is 0.0941. The lowest BCUT2D eigenvalue weighted by Crippen LogP contribution is -2.52. The first kappa shape index (κ1) is 25.6. The summed E-state index contributed by atoms with van der Waals surface area (Å²) in [6.45, 7) is 4.10. The molecule has 0 aliphatic heterocycles. The fourth-order valence-corrected chi connectivity index (χ4v) is 5.01. The number of aryl methyl sites for hydroxylation is 1. The molecule has 1 atom stereocenters. The largest absolute Gasteiger partial charge is 0.482 e. The van der Waals surface area contributed by atoms with Crippen molar-refractivity contribution in [3.05, 3.63) is 63.1 Å². The second-order valence-corrected chi connectivity index (χ2v) is 9.96. The smallest absolute Gasteiger partial charge is 0.261 e. The van der Waals surface area contributed by atoms with Gasteiger partial charge >= 0.3 is 0 Å². The summed E-state index contributed by atoms with van der Waals surface area (Å²) in [5.41, 5.74) is 2.09. The van der Waals surface area contributed by atoms with Gasteiger partial charge < -0.3 is 15.0 Å². The van der Waals surface area contributed by atoms with Gasteiger partial charge in [-0.15, -0.1) is 0 Å².